The lowest BCUT2D eigenvalue weighted by molar-refractivity contribution is -0.866. The predicted octanol–water partition coefficient (Wildman–Crippen LogP) is 3.46. The van der Waals surface area contributed by atoms with Gasteiger partial charge in [-0.2, -0.15) is 0 Å². The van der Waals surface area contributed by atoms with Gasteiger partial charge in [0.15, 0.2) is 5.82 Å². The van der Waals surface area contributed by atoms with E-state index in [0.29, 0.717) is 18.9 Å². The lowest BCUT2D eigenvalue weighted by Gasteiger charge is -2.46. The molecule has 3 aromatic rings. The number of nitrogens with zero attached hydrogens (tertiary/aromatic N) is 5. The first-order valence-electron chi connectivity index (χ1n) is 11.7. The first-order chi connectivity index (χ1) is 15.3. The Morgan fingerprint density at radius 3 is 2.66 bits per heavy atom. The van der Waals surface area contributed by atoms with E-state index in [9.17, 15) is 10.0 Å². The average Bonchev–Trinajstić information content (AvgIpc) is 3.14. The summed E-state index contributed by atoms with van der Waals surface area (Å²) in [6.45, 7) is 6.45. The molecule has 0 bridgehead atoms. The van der Waals surface area contributed by atoms with Gasteiger partial charge in [0.2, 0.25) is 5.91 Å². The molecular weight excluding hydrogens is 404 g/mol. The number of carbonyl (C=O) groups is 1. The van der Waals surface area contributed by atoms with E-state index in [4.69, 9.17) is 10.7 Å². The quantitative estimate of drug-likeness (QED) is 0.346. The van der Waals surface area contributed by atoms with Crippen molar-refractivity contribution in [1.82, 2.24) is 19.4 Å². The number of nitrogen functional groups attached to an aromatic ring is 1. The number of quaternary nitrogens is 1. The van der Waals surface area contributed by atoms with Crippen molar-refractivity contribution in [3.05, 3.63) is 35.3 Å². The molecule has 8 nitrogen and oxygen atoms in total. The van der Waals surface area contributed by atoms with Crippen molar-refractivity contribution >= 4 is 33.7 Å². The van der Waals surface area contributed by atoms with Gasteiger partial charge in [-0.3, -0.25) is 4.79 Å². The Morgan fingerprint density at radius 1 is 1.25 bits per heavy atom. The molecule has 1 aliphatic heterocycles. The number of imidazole rings is 1. The minimum Gasteiger partial charge on any atom is -0.633 e. The second-order valence-electron chi connectivity index (χ2n) is 9.14. The molecule has 1 fully saturated rings. The number of piperidine rings is 1. The van der Waals surface area contributed by atoms with Crippen LogP contribution in [0.5, 0.6) is 0 Å². The molecule has 3 heterocycles. The summed E-state index contributed by atoms with van der Waals surface area (Å²) in [5.41, 5.74) is 8.93. The zero-order valence-electron chi connectivity index (χ0n) is 19.4. The van der Waals surface area contributed by atoms with Gasteiger partial charge < -0.3 is 25.1 Å². The molecule has 1 aliphatic rings. The largest absolute Gasteiger partial charge is 0.633 e. The van der Waals surface area contributed by atoms with Crippen molar-refractivity contribution in [3.8, 4) is 0 Å². The number of nitrogens with two attached hydrogens (primary N) is 1. The van der Waals surface area contributed by atoms with Crippen LogP contribution in [0, 0.1) is 5.21 Å². The number of aromatic nitrogens is 3. The molecule has 0 aliphatic carbocycles. The number of benzene rings is 1. The molecule has 32 heavy (non-hydrogen) atoms. The molecule has 8 heteroatoms. The number of pyridine rings is 1. The maximum Gasteiger partial charge on any atom is 0.219 e. The van der Waals surface area contributed by atoms with Crippen LogP contribution in [-0.2, 0) is 17.8 Å². The van der Waals surface area contributed by atoms with Gasteiger partial charge in [0.05, 0.1) is 31.2 Å². The van der Waals surface area contributed by atoms with Gasteiger partial charge in [0.1, 0.15) is 11.3 Å². The summed E-state index contributed by atoms with van der Waals surface area (Å²) in [6, 6.07) is 8.23. The standard InChI is InChI=1S/C24H34N6O2/c1-4-21-27-22-23(19-9-5-6-10-20(19)26-24(22)25)29(21)14-8-7-13-28(17(2)31)18-11-15-30(3,32)16-12-18/h5-6,9-10,18H,4,7-8,11-16H2,1-3H3,(H2,25,26). The molecule has 2 aromatic heterocycles. The number of hydrogen-bond donors (Lipinski definition) is 1. The van der Waals surface area contributed by atoms with Crippen LogP contribution in [0.4, 0.5) is 5.82 Å². The van der Waals surface area contributed by atoms with Crippen molar-refractivity contribution in [1.29, 1.82) is 0 Å². The molecule has 4 rings (SSSR count). The third kappa shape index (κ3) is 4.42. The second kappa shape index (κ2) is 9.03. The number of para-hydroxylation sites is 1. The van der Waals surface area contributed by atoms with E-state index in [1.165, 1.54) is 0 Å². The van der Waals surface area contributed by atoms with Crippen molar-refractivity contribution in [2.75, 3.05) is 32.4 Å². The van der Waals surface area contributed by atoms with Crippen LogP contribution in [0.2, 0.25) is 0 Å². The van der Waals surface area contributed by atoms with Crippen molar-refractivity contribution in [2.45, 2.75) is 58.5 Å². The number of rotatable bonds is 7. The number of fused-ring (bicyclic) bond motifs is 3. The van der Waals surface area contributed by atoms with E-state index < -0.39 is 0 Å². The fourth-order valence-electron chi connectivity index (χ4n) is 4.98. The number of likely N-dealkylation sites (tertiary alicyclic amines) is 1. The molecule has 172 valence electrons. The number of hydrogen-bond acceptors (Lipinski definition) is 5. The molecule has 0 unspecified atom stereocenters. The summed E-state index contributed by atoms with van der Waals surface area (Å²) in [5.74, 6) is 1.58. The maximum absolute atomic E-state index is 12.3. The summed E-state index contributed by atoms with van der Waals surface area (Å²) >= 11 is 0. The van der Waals surface area contributed by atoms with Gasteiger partial charge in [-0.15, -0.1) is 0 Å². The number of aryl methyl sites for hydroxylation is 2. The van der Waals surface area contributed by atoms with Gasteiger partial charge >= 0.3 is 0 Å². The first-order valence-corrected chi connectivity index (χ1v) is 11.7. The van der Waals surface area contributed by atoms with Crippen LogP contribution >= 0.6 is 0 Å². The predicted molar refractivity (Wildman–Crippen MR) is 128 cm³/mol. The van der Waals surface area contributed by atoms with Crippen LogP contribution in [0.1, 0.15) is 45.4 Å². The third-order valence-electron chi connectivity index (χ3n) is 6.75. The Morgan fingerprint density at radius 2 is 1.97 bits per heavy atom. The molecule has 1 aromatic carbocycles. The van der Waals surface area contributed by atoms with E-state index in [1.54, 1.807) is 14.0 Å². The van der Waals surface area contributed by atoms with Crippen LogP contribution in [0.25, 0.3) is 21.9 Å². The van der Waals surface area contributed by atoms with E-state index in [0.717, 1.165) is 73.0 Å². The van der Waals surface area contributed by atoms with Gasteiger partial charge in [-0.25, -0.2) is 9.97 Å². The third-order valence-corrected chi connectivity index (χ3v) is 6.75. The van der Waals surface area contributed by atoms with Gasteiger partial charge in [0.25, 0.3) is 0 Å². The van der Waals surface area contributed by atoms with Crippen LogP contribution < -0.4 is 5.73 Å². The van der Waals surface area contributed by atoms with E-state index in [2.05, 4.69) is 22.5 Å². The topological polar surface area (TPSA) is 100 Å². The van der Waals surface area contributed by atoms with E-state index in [1.807, 2.05) is 23.1 Å². The molecule has 0 spiro atoms. The Hall–Kier alpha value is -2.71. The van der Waals surface area contributed by atoms with Gasteiger partial charge in [-0.05, 0) is 18.9 Å². The van der Waals surface area contributed by atoms with Gasteiger partial charge in [0, 0.05) is 50.7 Å². The maximum atomic E-state index is 12.3. The molecule has 1 amide bonds. The molecule has 0 atom stereocenters. The molecule has 1 saturated heterocycles. The zero-order chi connectivity index (χ0) is 22.9. The summed E-state index contributed by atoms with van der Waals surface area (Å²) in [4.78, 5) is 23.6. The van der Waals surface area contributed by atoms with Gasteiger partial charge in [-0.1, -0.05) is 25.1 Å². The Balaban J connectivity index is 1.49. The second-order valence-corrected chi connectivity index (χ2v) is 9.14. The Kier molecular flexibility index (Phi) is 6.35. The number of carbonyl (C=O) groups excluding carboxylic acids is 1. The summed E-state index contributed by atoms with van der Waals surface area (Å²) in [7, 11) is 1.72. The van der Waals surface area contributed by atoms with Crippen LogP contribution in [0.3, 0.4) is 0 Å². The highest BCUT2D eigenvalue weighted by molar-refractivity contribution is 6.06. The first kappa shape index (κ1) is 22.5. The van der Waals surface area contributed by atoms with Crippen molar-refractivity contribution < 1.29 is 9.44 Å². The SMILES string of the molecule is CCc1nc2c(N)nc3ccccc3c2n1CCCCN(C(C)=O)C1CC[N+](C)([O-])CC1. The lowest BCUT2D eigenvalue weighted by atomic mass is 10.0. The molecule has 0 saturated carbocycles. The lowest BCUT2D eigenvalue weighted by Crippen LogP contribution is -2.52. The highest BCUT2D eigenvalue weighted by Crippen LogP contribution is 2.29. The number of hydroxylamine groups is 3. The normalized spacial score (nSPS) is 21.3. The minimum atomic E-state index is -0.193. The fraction of sp³-hybridized carbons (Fsp3) is 0.542. The molecule has 0 radical (unpaired) electrons. The van der Waals surface area contributed by atoms with E-state index in [-0.39, 0.29) is 16.6 Å². The minimum absolute atomic E-state index is 0.101. The fourth-order valence-corrected chi connectivity index (χ4v) is 4.98. The highest BCUT2D eigenvalue weighted by atomic mass is 16.5. The molecule has 2 N–H and O–H groups in total. The zero-order valence-corrected chi connectivity index (χ0v) is 19.4. The number of unbranched alkanes of at least 4 members (excludes halogenated alkanes) is 1. The Labute approximate surface area is 189 Å². The molecular formula is C24H34N6O2. The highest BCUT2D eigenvalue weighted by Gasteiger charge is 2.29. The summed E-state index contributed by atoms with van der Waals surface area (Å²) in [5, 5.41) is 13.2. The monoisotopic (exact) mass is 438 g/mol. The average molecular weight is 439 g/mol. The van der Waals surface area contributed by atoms with E-state index >= 15 is 0 Å². The summed E-state index contributed by atoms with van der Waals surface area (Å²) < 4.78 is 2.08. The van der Waals surface area contributed by atoms with Crippen LogP contribution in [0.15, 0.2) is 24.3 Å². The van der Waals surface area contributed by atoms with Crippen molar-refractivity contribution in [3.63, 3.8) is 0 Å². The number of amides is 1. The smallest absolute Gasteiger partial charge is 0.219 e. The van der Waals surface area contributed by atoms with Crippen molar-refractivity contribution in [2.24, 2.45) is 0 Å². The summed E-state index contributed by atoms with van der Waals surface area (Å²) in [6.07, 6.45) is 4.21. The Bertz CT molecular complexity index is 1110. The van der Waals surface area contributed by atoms with Crippen LogP contribution in [-0.4, -0.2) is 62.7 Å². The number of anilines is 1.